The summed E-state index contributed by atoms with van der Waals surface area (Å²) in [6.45, 7) is 7.52. The molecule has 0 aromatic carbocycles. The summed E-state index contributed by atoms with van der Waals surface area (Å²) in [7, 11) is 0. The molecule has 0 aromatic rings. The Hall–Kier alpha value is -0.0400. The van der Waals surface area contributed by atoms with Crippen LogP contribution in [0.2, 0.25) is 0 Å². The first-order valence-corrected chi connectivity index (χ1v) is 5.17. The predicted molar refractivity (Wildman–Crippen MR) is 51.9 cm³/mol. The van der Waals surface area contributed by atoms with E-state index in [4.69, 9.17) is 0 Å². The molecule has 1 rings (SSSR count). The molecule has 0 saturated carbocycles. The summed E-state index contributed by atoms with van der Waals surface area (Å²) in [6, 6.07) is 0.886. The molecule has 1 aliphatic rings. The fourth-order valence-electron chi connectivity index (χ4n) is 1.24. The lowest BCUT2D eigenvalue weighted by Crippen LogP contribution is -2.42. The second-order valence-corrected chi connectivity index (χ2v) is 2.94. The molecule has 1 aliphatic heterocycles. The minimum absolute atomic E-state index is 0.886. The van der Waals surface area contributed by atoms with Crippen molar-refractivity contribution in [1.82, 2.24) is 5.32 Å². The van der Waals surface area contributed by atoms with E-state index in [1.807, 2.05) is 13.8 Å². The van der Waals surface area contributed by atoms with Crippen LogP contribution in [0.4, 0.5) is 0 Å². The number of hydrogen-bond donors (Lipinski definition) is 1. The highest BCUT2D eigenvalue weighted by atomic mass is 15.0. The third kappa shape index (κ3) is 5.25. The zero-order chi connectivity index (χ0) is 8.53. The van der Waals surface area contributed by atoms with E-state index in [9.17, 15) is 0 Å². The van der Waals surface area contributed by atoms with Gasteiger partial charge in [0.25, 0.3) is 0 Å². The van der Waals surface area contributed by atoms with Gasteiger partial charge in [0.15, 0.2) is 0 Å². The van der Waals surface area contributed by atoms with Crippen molar-refractivity contribution in [3.8, 4) is 0 Å². The van der Waals surface area contributed by atoms with Crippen molar-refractivity contribution in [2.24, 2.45) is 0 Å². The third-order valence-electron chi connectivity index (χ3n) is 2.08. The predicted octanol–water partition coefficient (Wildman–Crippen LogP) is 2.95. The summed E-state index contributed by atoms with van der Waals surface area (Å²) in [6.07, 6.45) is 7.02. The minimum Gasteiger partial charge on any atom is -0.314 e. The van der Waals surface area contributed by atoms with Crippen molar-refractivity contribution in [1.29, 1.82) is 0 Å². The molecule has 1 N–H and O–H groups in total. The van der Waals surface area contributed by atoms with Gasteiger partial charge in [-0.25, -0.2) is 0 Å². The van der Waals surface area contributed by atoms with Crippen LogP contribution < -0.4 is 5.32 Å². The van der Waals surface area contributed by atoms with Crippen LogP contribution >= 0.6 is 0 Å². The summed E-state index contributed by atoms with van der Waals surface area (Å²) in [4.78, 5) is 0. The highest BCUT2D eigenvalue weighted by molar-refractivity contribution is 4.76. The van der Waals surface area contributed by atoms with E-state index < -0.39 is 0 Å². The second kappa shape index (κ2) is 8.06. The topological polar surface area (TPSA) is 12.0 Å². The molecule has 0 aromatic heterocycles. The van der Waals surface area contributed by atoms with Gasteiger partial charge in [-0.3, -0.25) is 0 Å². The zero-order valence-electron chi connectivity index (χ0n) is 8.32. The van der Waals surface area contributed by atoms with Gasteiger partial charge >= 0.3 is 0 Å². The molecule has 0 radical (unpaired) electrons. The fourth-order valence-corrected chi connectivity index (χ4v) is 1.24. The second-order valence-electron chi connectivity index (χ2n) is 2.94. The lowest BCUT2D eigenvalue weighted by Gasteiger charge is -2.27. The van der Waals surface area contributed by atoms with Crippen molar-refractivity contribution in [3.63, 3.8) is 0 Å². The first kappa shape index (κ1) is 11.0. The molecule has 0 aliphatic carbocycles. The molecule has 68 valence electrons. The van der Waals surface area contributed by atoms with Gasteiger partial charge in [-0.2, -0.15) is 0 Å². The van der Waals surface area contributed by atoms with Crippen LogP contribution in [-0.4, -0.2) is 12.6 Å². The van der Waals surface area contributed by atoms with Crippen LogP contribution in [0.5, 0.6) is 0 Å². The average molecular weight is 157 g/mol. The summed E-state index contributed by atoms with van der Waals surface area (Å²) in [5.41, 5.74) is 0. The largest absolute Gasteiger partial charge is 0.314 e. The lowest BCUT2D eigenvalue weighted by molar-refractivity contribution is 0.341. The van der Waals surface area contributed by atoms with Gasteiger partial charge in [0.2, 0.25) is 0 Å². The van der Waals surface area contributed by atoms with Gasteiger partial charge < -0.3 is 5.32 Å². The Kier molecular flexibility index (Phi) is 8.03. The first-order valence-electron chi connectivity index (χ1n) is 5.17. The van der Waals surface area contributed by atoms with Crippen molar-refractivity contribution in [2.45, 2.75) is 58.9 Å². The van der Waals surface area contributed by atoms with Gasteiger partial charge in [-0.05, 0) is 19.4 Å². The third-order valence-corrected chi connectivity index (χ3v) is 2.08. The molecule has 1 nitrogen and oxygen atoms in total. The molecule has 0 bridgehead atoms. The standard InChI is InChI=1S/C8H17N.C2H6/c1-2-3-4-5-8-6-7-9-8;1-2/h8-9H,2-7H2,1H3;1-2H3. The molecular weight excluding hydrogens is 134 g/mol. The number of rotatable bonds is 4. The summed E-state index contributed by atoms with van der Waals surface area (Å²) >= 11 is 0. The van der Waals surface area contributed by atoms with Crippen LogP contribution in [0.1, 0.15) is 52.9 Å². The Morgan fingerprint density at radius 1 is 1.27 bits per heavy atom. The van der Waals surface area contributed by atoms with Gasteiger partial charge in [0, 0.05) is 6.04 Å². The van der Waals surface area contributed by atoms with E-state index >= 15 is 0 Å². The Balaban J connectivity index is 0.000000461. The highest BCUT2D eigenvalue weighted by Crippen LogP contribution is 2.10. The molecule has 0 amide bonds. The molecule has 1 unspecified atom stereocenters. The van der Waals surface area contributed by atoms with Crippen LogP contribution in [0.3, 0.4) is 0 Å². The SMILES string of the molecule is CC.CCCCCC1CCN1. The zero-order valence-corrected chi connectivity index (χ0v) is 8.32. The normalized spacial score (nSPS) is 21.5. The van der Waals surface area contributed by atoms with E-state index in [1.165, 1.54) is 38.6 Å². The van der Waals surface area contributed by atoms with E-state index in [-0.39, 0.29) is 0 Å². The van der Waals surface area contributed by atoms with Crippen LogP contribution in [0.15, 0.2) is 0 Å². The van der Waals surface area contributed by atoms with Gasteiger partial charge in [-0.15, -0.1) is 0 Å². The average Bonchev–Trinajstić information content (AvgIpc) is 1.99. The van der Waals surface area contributed by atoms with E-state index in [2.05, 4.69) is 12.2 Å². The first-order chi connectivity index (χ1) is 5.43. The smallest absolute Gasteiger partial charge is 0.00791 e. The Labute approximate surface area is 71.6 Å². The van der Waals surface area contributed by atoms with Gasteiger partial charge in [0.05, 0.1) is 0 Å². The molecule has 1 fully saturated rings. The summed E-state index contributed by atoms with van der Waals surface area (Å²) < 4.78 is 0. The Morgan fingerprint density at radius 3 is 2.27 bits per heavy atom. The molecule has 1 saturated heterocycles. The highest BCUT2D eigenvalue weighted by Gasteiger charge is 2.14. The van der Waals surface area contributed by atoms with E-state index in [0.29, 0.717) is 0 Å². The lowest BCUT2D eigenvalue weighted by atomic mass is 10.0. The summed E-state index contributed by atoms with van der Waals surface area (Å²) in [5, 5.41) is 3.40. The van der Waals surface area contributed by atoms with Crippen molar-refractivity contribution in [2.75, 3.05) is 6.54 Å². The van der Waals surface area contributed by atoms with Crippen LogP contribution in [0, 0.1) is 0 Å². The molecule has 1 atom stereocenters. The maximum Gasteiger partial charge on any atom is 0.00791 e. The Bertz CT molecular complexity index is 67.3. The van der Waals surface area contributed by atoms with E-state index in [0.717, 1.165) is 6.04 Å². The number of hydrogen-bond acceptors (Lipinski definition) is 1. The molecule has 11 heavy (non-hydrogen) atoms. The monoisotopic (exact) mass is 157 g/mol. The number of nitrogens with one attached hydrogen (secondary N) is 1. The van der Waals surface area contributed by atoms with Crippen molar-refractivity contribution >= 4 is 0 Å². The summed E-state index contributed by atoms with van der Waals surface area (Å²) in [5.74, 6) is 0. The maximum atomic E-state index is 3.40. The van der Waals surface area contributed by atoms with E-state index in [1.54, 1.807) is 0 Å². The fraction of sp³-hybridized carbons (Fsp3) is 1.00. The molecule has 1 heterocycles. The van der Waals surface area contributed by atoms with Gasteiger partial charge in [-0.1, -0.05) is 40.0 Å². The Morgan fingerprint density at radius 2 is 1.91 bits per heavy atom. The maximum absolute atomic E-state index is 3.40. The molecule has 1 heteroatoms. The quantitative estimate of drug-likeness (QED) is 0.619. The minimum atomic E-state index is 0.886. The van der Waals surface area contributed by atoms with Crippen molar-refractivity contribution in [3.05, 3.63) is 0 Å². The van der Waals surface area contributed by atoms with Crippen LogP contribution in [0.25, 0.3) is 0 Å². The molecular formula is C10H23N. The van der Waals surface area contributed by atoms with Crippen LogP contribution in [-0.2, 0) is 0 Å². The van der Waals surface area contributed by atoms with Gasteiger partial charge in [0.1, 0.15) is 0 Å². The number of unbranched alkanes of at least 4 members (excludes halogenated alkanes) is 2. The molecule has 0 spiro atoms. The van der Waals surface area contributed by atoms with Crippen molar-refractivity contribution < 1.29 is 0 Å².